The first-order chi connectivity index (χ1) is 19.5. The molecular weight excluding hydrogens is 520 g/mol. The lowest BCUT2D eigenvalue weighted by Crippen LogP contribution is -2.33. The van der Waals surface area contributed by atoms with Crippen molar-refractivity contribution in [3.05, 3.63) is 77.8 Å². The van der Waals surface area contributed by atoms with Gasteiger partial charge in [-0.2, -0.15) is 14.6 Å². The van der Waals surface area contributed by atoms with Crippen LogP contribution >= 0.6 is 0 Å². The maximum atomic E-state index is 11.9. The number of hydrogen-bond donors (Lipinski definition) is 3. The molecule has 5 rings (SSSR count). The van der Waals surface area contributed by atoms with Crippen LogP contribution in [0.1, 0.15) is 17.7 Å². The first-order valence-electron chi connectivity index (χ1n) is 13.0. The third kappa shape index (κ3) is 8.91. The minimum atomic E-state index is -1.05. The SMILES string of the molecule is CNc1c(C)c(C2=CCNCC2)nn1-c1ccccc1.COCCN1CC(NC=O)CO1.Fc1cccnc1F. The molecule has 0 aliphatic carbocycles. The Morgan fingerprint density at radius 1 is 1.23 bits per heavy atom. The van der Waals surface area contributed by atoms with Crippen LogP contribution in [0.4, 0.5) is 14.6 Å². The monoisotopic (exact) mass is 557 g/mol. The number of rotatable bonds is 8. The van der Waals surface area contributed by atoms with E-state index in [1.807, 2.05) is 29.9 Å². The Hall–Kier alpha value is -3.71. The van der Waals surface area contributed by atoms with Gasteiger partial charge in [0.05, 0.1) is 30.6 Å². The highest BCUT2D eigenvalue weighted by Crippen LogP contribution is 2.29. The molecule has 2 aliphatic rings. The van der Waals surface area contributed by atoms with Crippen molar-refractivity contribution in [1.82, 2.24) is 30.5 Å². The molecule has 10 nitrogen and oxygen atoms in total. The number of methoxy groups -OCH3 is 1. The van der Waals surface area contributed by atoms with E-state index in [1.165, 1.54) is 23.4 Å². The molecule has 216 valence electrons. The van der Waals surface area contributed by atoms with Crippen LogP contribution in [-0.2, 0) is 14.4 Å². The van der Waals surface area contributed by atoms with Gasteiger partial charge < -0.3 is 20.7 Å². The minimum Gasteiger partial charge on any atom is -0.383 e. The summed E-state index contributed by atoms with van der Waals surface area (Å²) in [7, 11) is 3.60. The fraction of sp³-hybridized carbons (Fsp3) is 0.393. The summed E-state index contributed by atoms with van der Waals surface area (Å²) in [6.07, 6.45) is 5.18. The number of benzene rings is 1. The number of aromatic nitrogens is 3. The number of hydrogen-bond acceptors (Lipinski definition) is 8. The van der Waals surface area contributed by atoms with E-state index in [4.69, 9.17) is 14.7 Å². The van der Waals surface area contributed by atoms with Gasteiger partial charge in [0.2, 0.25) is 12.4 Å². The number of amides is 1. The summed E-state index contributed by atoms with van der Waals surface area (Å²) in [4.78, 5) is 18.4. The van der Waals surface area contributed by atoms with E-state index in [9.17, 15) is 13.6 Å². The first kappa shape index (κ1) is 30.8. The Morgan fingerprint density at radius 3 is 2.62 bits per heavy atom. The van der Waals surface area contributed by atoms with Crippen LogP contribution in [-0.4, -0.2) is 85.8 Å². The first-order valence-corrected chi connectivity index (χ1v) is 13.0. The summed E-state index contributed by atoms with van der Waals surface area (Å²) in [5, 5.41) is 15.9. The molecule has 3 N–H and O–H groups in total. The quantitative estimate of drug-likeness (QED) is 0.287. The van der Waals surface area contributed by atoms with E-state index in [1.54, 1.807) is 12.2 Å². The van der Waals surface area contributed by atoms with Crippen LogP contribution in [0.5, 0.6) is 0 Å². The lowest BCUT2D eigenvalue weighted by Gasteiger charge is -2.12. The molecule has 3 aromatic rings. The molecule has 0 bridgehead atoms. The average Bonchev–Trinajstić information content (AvgIpc) is 3.58. The molecule has 1 unspecified atom stereocenters. The standard InChI is InChI=1S/C16H20N4.C7H14N2O3.C5H3F2N/c1-12-15(13-8-10-18-11-9-13)19-20(16(12)17-2)14-6-4-3-5-7-14;1-11-3-2-9-4-7(5-12-9)8-6-10;6-4-2-1-3-8-5(4)7/h3-8,17-18H,9-11H2,1-2H3;6-7H,2-5H2,1H3,(H,8,10);1-3H. The molecule has 1 fully saturated rings. The number of nitrogens with zero attached hydrogens (tertiary/aromatic N) is 4. The van der Waals surface area contributed by atoms with Gasteiger partial charge in [-0.1, -0.05) is 24.3 Å². The third-order valence-corrected chi connectivity index (χ3v) is 6.17. The second kappa shape index (κ2) is 16.4. The molecule has 1 aromatic carbocycles. The second-order valence-corrected chi connectivity index (χ2v) is 8.94. The van der Waals surface area contributed by atoms with E-state index < -0.39 is 11.8 Å². The highest BCUT2D eigenvalue weighted by atomic mass is 19.2. The highest BCUT2D eigenvalue weighted by molar-refractivity contribution is 5.71. The van der Waals surface area contributed by atoms with Gasteiger partial charge in [0, 0.05) is 45.6 Å². The van der Waals surface area contributed by atoms with Crippen LogP contribution < -0.4 is 16.0 Å². The molecule has 1 amide bonds. The Balaban J connectivity index is 0.000000187. The number of anilines is 1. The lowest BCUT2D eigenvalue weighted by molar-refractivity contribution is -0.118. The van der Waals surface area contributed by atoms with Crippen molar-refractivity contribution in [1.29, 1.82) is 0 Å². The number of nitrogens with one attached hydrogen (secondary N) is 3. The molecule has 12 heteroatoms. The maximum Gasteiger partial charge on any atom is 0.248 e. The molecule has 0 spiro atoms. The summed E-state index contributed by atoms with van der Waals surface area (Å²) in [5.41, 5.74) is 4.75. The van der Waals surface area contributed by atoms with Crippen LogP contribution in [0.3, 0.4) is 0 Å². The highest BCUT2D eigenvalue weighted by Gasteiger charge is 2.22. The topological polar surface area (TPSA) is 106 Å². The molecule has 1 atom stereocenters. The Kier molecular flexibility index (Phi) is 12.6. The van der Waals surface area contributed by atoms with Crippen LogP contribution in [0.15, 0.2) is 54.7 Å². The Morgan fingerprint density at radius 2 is 2.02 bits per heavy atom. The summed E-state index contributed by atoms with van der Waals surface area (Å²) in [6, 6.07) is 12.7. The van der Waals surface area contributed by atoms with Gasteiger partial charge in [0.1, 0.15) is 5.82 Å². The number of para-hydroxylation sites is 1. The van der Waals surface area contributed by atoms with Gasteiger partial charge in [0.15, 0.2) is 5.82 Å². The zero-order chi connectivity index (χ0) is 28.7. The van der Waals surface area contributed by atoms with Crippen molar-refractivity contribution in [3.8, 4) is 5.69 Å². The fourth-order valence-corrected chi connectivity index (χ4v) is 4.15. The van der Waals surface area contributed by atoms with Gasteiger partial charge in [-0.3, -0.25) is 9.63 Å². The van der Waals surface area contributed by atoms with Gasteiger partial charge in [-0.15, -0.1) is 0 Å². The van der Waals surface area contributed by atoms with Crippen LogP contribution in [0, 0.1) is 18.7 Å². The Labute approximate surface area is 233 Å². The second-order valence-electron chi connectivity index (χ2n) is 8.94. The molecular formula is C28H37F2N7O3. The van der Waals surface area contributed by atoms with E-state index in [2.05, 4.69) is 46.1 Å². The number of carbonyl (C=O) groups excluding carboxylic acids is 1. The lowest BCUT2D eigenvalue weighted by atomic mass is 10.0. The largest absolute Gasteiger partial charge is 0.383 e. The van der Waals surface area contributed by atoms with Gasteiger partial charge in [-0.25, -0.2) is 14.1 Å². The number of hydroxylamine groups is 2. The minimum absolute atomic E-state index is 0.124. The van der Waals surface area contributed by atoms with E-state index in [0.29, 0.717) is 19.6 Å². The van der Waals surface area contributed by atoms with Crippen molar-refractivity contribution in [3.63, 3.8) is 0 Å². The van der Waals surface area contributed by atoms with Gasteiger partial charge in [-0.05, 0) is 49.7 Å². The van der Waals surface area contributed by atoms with Crippen molar-refractivity contribution in [2.24, 2.45) is 0 Å². The summed E-state index contributed by atoms with van der Waals surface area (Å²) in [5.74, 6) is -0.898. The molecule has 0 radical (unpaired) electrons. The summed E-state index contributed by atoms with van der Waals surface area (Å²) < 4.78 is 30.6. The van der Waals surface area contributed by atoms with E-state index >= 15 is 0 Å². The van der Waals surface area contributed by atoms with Crippen LogP contribution in [0.25, 0.3) is 11.3 Å². The number of ether oxygens (including phenoxy) is 1. The molecule has 0 saturated carbocycles. The van der Waals surface area contributed by atoms with Crippen molar-refractivity contribution >= 4 is 17.8 Å². The number of halogens is 2. The molecule has 4 heterocycles. The third-order valence-electron chi connectivity index (χ3n) is 6.17. The number of pyridine rings is 1. The predicted octanol–water partition coefficient (Wildman–Crippen LogP) is 2.95. The number of carbonyl (C=O) groups is 1. The predicted molar refractivity (Wildman–Crippen MR) is 150 cm³/mol. The zero-order valence-electron chi connectivity index (χ0n) is 23.1. The molecule has 40 heavy (non-hydrogen) atoms. The smallest absolute Gasteiger partial charge is 0.248 e. The van der Waals surface area contributed by atoms with Crippen molar-refractivity contribution in [2.45, 2.75) is 19.4 Å². The normalized spacial score (nSPS) is 16.6. The molecule has 2 aliphatic heterocycles. The molecule has 2 aromatic heterocycles. The van der Waals surface area contributed by atoms with E-state index in [0.717, 1.165) is 55.9 Å². The van der Waals surface area contributed by atoms with Crippen LogP contribution in [0.2, 0.25) is 0 Å². The summed E-state index contributed by atoms with van der Waals surface area (Å²) >= 11 is 0. The van der Waals surface area contributed by atoms with Crippen molar-refractivity contribution in [2.75, 3.05) is 58.9 Å². The average molecular weight is 558 g/mol. The van der Waals surface area contributed by atoms with E-state index in [-0.39, 0.29) is 6.04 Å². The Bertz CT molecular complexity index is 1200. The van der Waals surface area contributed by atoms with Gasteiger partial charge >= 0.3 is 0 Å². The maximum absolute atomic E-state index is 11.9. The fourth-order valence-electron chi connectivity index (χ4n) is 4.15. The van der Waals surface area contributed by atoms with Gasteiger partial charge in [0.25, 0.3) is 0 Å². The molecule has 1 saturated heterocycles. The van der Waals surface area contributed by atoms with Crippen molar-refractivity contribution < 1.29 is 23.1 Å². The summed E-state index contributed by atoms with van der Waals surface area (Å²) in [6.45, 7) is 6.78. The zero-order valence-corrected chi connectivity index (χ0v) is 23.1.